The monoisotopic (exact) mass is 380 g/mol. The van der Waals surface area contributed by atoms with E-state index in [1.54, 1.807) is 18.2 Å². The summed E-state index contributed by atoms with van der Waals surface area (Å²) in [7, 11) is 1.54. The van der Waals surface area contributed by atoms with E-state index in [1.165, 1.54) is 20.1 Å². The summed E-state index contributed by atoms with van der Waals surface area (Å²) in [5.41, 5.74) is 2.96. The van der Waals surface area contributed by atoms with Crippen molar-refractivity contribution in [1.29, 1.82) is 0 Å². The van der Waals surface area contributed by atoms with Crippen LogP contribution in [0.1, 0.15) is 36.4 Å². The Hall–Kier alpha value is -3.35. The number of nitro benzene ring substituents is 1. The van der Waals surface area contributed by atoms with Crippen LogP contribution in [0.4, 0.5) is 11.4 Å². The smallest absolute Gasteiger partial charge is 0.308 e. The predicted octanol–water partition coefficient (Wildman–Crippen LogP) is 4.36. The predicted molar refractivity (Wildman–Crippen MR) is 104 cm³/mol. The van der Waals surface area contributed by atoms with Crippen molar-refractivity contribution in [3.05, 3.63) is 69.8 Å². The van der Waals surface area contributed by atoms with Gasteiger partial charge in [-0.25, -0.2) is 0 Å². The summed E-state index contributed by atoms with van der Waals surface area (Å²) in [6.45, 7) is 1.35. The first-order chi connectivity index (χ1) is 13.5. The highest BCUT2D eigenvalue weighted by atomic mass is 16.6. The number of anilines is 1. The topological polar surface area (TPSA) is 90.7 Å². The van der Waals surface area contributed by atoms with Crippen molar-refractivity contribution in [1.82, 2.24) is 0 Å². The maximum atomic E-state index is 11.3. The summed E-state index contributed by atoms with van der Waals surface area (Å²) in [5, 5.41) is 14.7. The first-order valence-electron chi connectivity index (χ1n) is 9.06. The van der Waals surface area contributed by atoms with E-state index in [0.29, 0.717) is 11.5 Å². The Morgan fingerprint density at radius 3 is 2.75 bits per heavy atom. The van der Waals surface area contributed by atoms with Crippen molar-refractivity contribution in [3.8, 4) is 11.5 Å². The molecule has 0 spiro atoms. The summed E-state index contributed by atoms with van der Waals surface area (Å²) >= 11 is 0. The molecule has 3 unspecified atom stereocenters. The number of benzene rings is 2. The Kier molecular flexibility index (Phi) is 4.50. The number of esters is 1. The average Bonchev–Trinajstić information content (AvgIpc) is 3.17. The van der Waals surface area contributed by atoms with Crippen molar-refractivity contribution in [2.45, 2.75) is 25.3 Å². The number of rotatable bonds is 4. The van der Waals surface area contributed by atoms with Crippen LogP contribution in [-0.4, -0.2) is 18.0 Å². The molecule has 1 aliphatic heterocycles. The lowest BCUT2D eigenvalue weighted by atomic mass is 9.77. The van der Waals surface area contributed by atoms with Gasteiger partial charge in [0.1, 0.15) is 0 Å². The van der Waals surface area contributed by atoms with E-state index in [4.69, 9.17) is 9.47 Å². The number of allylic oxidation sites excluding steroid dienone is 2. The molecule has 1 aliphatic carbocycles. The Labute approximate surface area is 162 Å². The number of fused-ring (bicyclic) bond motifs is 3. The van der Waals surface area contributed by atoms with Crippen molar-refractivity contribution >= 4 is 17.3 Å². The largest absolute Gasteiger partial charge is 0.493 e. The molecule has 0 amide bonds. The van der Waals surface area contributed by atoms with Crippen molar-refractivity contribution < 1.29 is 19.2 Å². The molecule has 144 valence electrons. The molecule has 0 fully saturated rings. The number of carbonyl (C=O) groups is 1. The molecule has 0 saturated heterocycles. The zero-order valence-electron chi connectivity index (χ0n) is 15.5. The van der Waals surface area contributed by atoms with Gasteiger partial charge < -0.3 is 14.8 Å². The second-order valence-corrected chi connectivity index (χ2v) is 7.01. The lowest BCUT2D eigenvalue weighted by Gasteiger charge is -2.37. The third-order valence-electron chi connectivity index (χ3n) is 5.36. The molecule has 0 saturated carbocycles. The number of hydrogen-bond donors (Lipinski definition) is 1. The lowest BCUT2D eigenvalue weighted by Crippen LogP contribution is -2.29. The molecule has 0 bridgehead atoms. The van der Waals surface area contributed by atoms with Crippen LogP contribution in [0.25, 0.3) is 0 Å². The molecule has 0 aromatic heterocycles. The Morgan fingerprint density at radius 1 is 1.21 bits per heavy atom. The van der Waals surface area contributed by atoms with Gasteiger partial charge in [-0.15, -0.1) is 0 Å². The first kappa shape index (κ1) is 18.0. The fourth-order valence-corrected chi connectivity index (χ4v) is 4.14. The van der Waals surface area contributed by atoms with Crippen LogP contribution in [0.5, 0.6) is 11.5 Å². The molecule has 1 heterocycles. The molecule has 3 atom stereocenters. The molecule has 4 rings (SSSR count). The minimum absolute atomic E-state index is 0.00855. The van der Waals surface area contributed by atoms with Crippen LogP contribution in [0.15, 0.2) is 48.6 Å². The van der Waals surface area contributed by atoms with E-state index in [2.05, 4.69) is 17.5 Å². The van der Waals surface area contributed by atoms with Gasteiger partial charge >= 0.3 is 5.97 Å². The molecule has 7 nitrogen and oxygen atoms in total. The molecule has 7 heteroatoms. The number of nitro groups is 1. The Morgan fingerprint density at radius 2 is 2.04 bits per heavy atom. The maximum Gasteiger partial charge on any atom is 0.308 e. The summed E-state index contributed by atoms with van der Waals surface area (Å²) in [5.74, 6) is 0.815. The van der Waals surface area contributed by atoms with Gasteiger partial charge in [0.15, 0.2) is 11.5 Å². The quantitative estimate of drug-likeness (QED) is 0.279. The number of ether oxygens (including phenoxy) is 2. The van der Waals surface area contributed by atoms with E-state index in [-0.39, 0.29) is 28.5 Å². The third-order valence-corrected chi connectivity index (χ3v) is 5.36. The van der Waals surface area contributed by atoms with Crippen molar-refractivity contribution in [2.75, 3.05) is 12.4 Å². The number of non-ortho nitro benzene ring substituents is 1. The number of carbonyl (C=O) groups excluding carboxylic acids is 1. The molecule has 2 aromatic rings. The second-order valence-electron chi connectivity index (χ2n) is 7.01. The third kappa shape index (κ3) is 3.09. The van der Waals surface area contributed by atoms with Gasteiger partial charge in [0, 0.05) is 30.7 Å². The van der Waals surface area contributed by atoms with Crippen LogP contribution in [0, 0.1) is 16.0 Å². The molecule has 2 aliphatic rings. The van der Waals surface area contributed by atoms with Gasteiger partial charge in [0.25, 0.3) is 5.69 Å². The van der Waals surface area contributed by atoms with E-state index >= 15 is 0 Å². The van der Waals surface area contributed by atoms with Crippen molar-refractivity contribution in [2.24, 2.45) is 5.92 Å². The molecule has 0 radical (unpaired) electrons. The Balaban J connectivity index is 1.72. The van der Waals surface area contributed by atoms with Gasteiger partial charge in [0.2, 0.25) is 0 Å². The van der Waals surface area contributed by atoms with Crippen molar-refractivity contribution in [3.63, 3.8) is 0 Å². The summed E-state index contributed by atoms with van der Waals surface area (Å²) < 4.78 is 10.6. The van der Waals surface area contributed by atoms with Gasteiger partial charge in [-0.05, 0) is 41.7 Å². The average molecular weight is 380 g/mol. The van der Waals surface area contributed by atoms with E-state index in [1.807, 2.05) is 12.1 Å². The van der Waals surface area contributed by atoms with E-state index in [0.717, 1.165) is 23.2 Å². The van der Waals surface area contributed by atoms with E-state index in [9.17, 15) is 14.9 Å². The number of methoxy groups -OCH3 is 1. The van der Waals surface area contributed by atoms with Gasteiger partial charge in [-0.2, -0.15) is 0 Å². The van der Waals surface area contributed by atoms with Crippen LogP contribution >= 0.6 is 0 Å². The van der Waals surface area contributed by atoms with Gasteiger partial charge in [-0.1, -0.05) is 18.2 Å². The van der Waals surface area contributed by atoms with E-state index < -0.39 is 5.97 Å². The molecular formula is C21H20N2O5. The van der Waals surface area contributed by atoms with Crippen LogP contribution in [-0.2, 0) is 4.79 Å². The highest BCUT2D eigenvalue weighted by molar-refractivity contribution is 5.70. The number of hydrogen-bond acceptors (Lipinski definition) is 6. The SMILES string of the molecule is COc1cc(C2Nc3ccc([N+](=O)[O-])cc3C3C=CCC32)ccc1OC(C)=O. The second kappa shape index (κ2) is 6.99. The minimum Gasteiger partial charge on any atom is -0.493 e. The maximum absolute atomic E-state index is 11.3. The van der Waals surface area contributed by atoms with Gasteiger partial charge in [0.05, 0.1) is 18.1 Å². The van der Waals surface area contributed by atoms with Crippen LogP contribution < -0.4 is 14.8 Å². The zero-order chi connectivity index (χ0) is 19.8. The highest BCUT2D eigenvalue weighted by Crippen LogP contribution is 2.51. The summed E-state index contributed by atoms with van der Waals surface area (Å²) in [6, 6.07) is 10.5. The fraction of sp³-hybridized carbons (Fsp3) is 0.286. The lowest BCUT2D eigenvalue weighted by molar-refractivity contribution is -0.384. The van der Waals surface area contributed by atoms with Crippen LogP contribution in [0.2, 0.25) is 0 Å². The normalized spacial score (nSPS) is 22.0. The summed E-state index contributed by atoms with van der Waals surface area (Å²) in [4.78, 5) is 22.1. The summed E-state index contributed by atoms with van der Waals surface area (Å²) in [6.07, 6.45) is 5.13. The van der Waals surface area contributed by atoms with Crippen LogP contribution in [0.3, 0.4) is 0 Å². The standard InChI is InChI=1S/C21H20N2O5/c1-12(24)28-19-9-6-13(10-20(19)27-2)21-16-5-3-4-15(16)17-11-14(23(25)26)7-8-18(17)22-21/h3-4,6-11,15-16,21-22H,5H2,1-2H3. The Bertz CT molecular complexity index is 985. The van der Waals surface area contributed by atoms with Gasteiger partial charge in [-0.3, -0.25) is 14.9 Å². The highest BCUT2D eigenvalue weighted by Gasteiger charge is 2.38. The number of nitrogens with one attached hydrogen (secondary N) is 1. The fourth-order valence-electron chi connectivity index (χ4n) is 4.14. The molecular weight excluding hydrogens is 360 g/mol. The molecule has 28 heavy (non-hydrogen) atoms. The molecule has 1 N–H and O–H groups in total. The first-order valence-corrected chi connectivity index (χ1v) is 9.06. The molecule has 2 aromatic carbocycles. The zero-order valence-corrected chi connectivity index (χ0v) is 15.5. The minimum atomic E-state index is -0.405. The number of nitrogens with zero attached hydrogens (tertiary/aromatic N) is 1.